The Morgan fingerprint density at radius 3 is 2.43 bits per heavy atom. The van der Waals surface area contributed by atoms with E-state index in [2.05, 4.69) is 18.7 Å². The second kappa shape index (κ2) is 7.93. The molecule has 0 fully saturated rings. The second-order valence-electron chi connectivity index (χ2n) is 4.71. The molecule has 0 saturated carbocycles. The van der Waals surface area contributed by atoms with Gasteiger partial charge in [-0.15, -0.1) is 11.8 Å². The summed E-state index contributed by atoms with van der Waals surface area (Å²) in [5, 5.41) is 0. The Bertz CT molecular complexity index is 545. The highest BCUT2D eigenvalue weighted by molar-refractivity contribution is 7.99. The Labute approximate surface area is 130 Å². The van der Waals surface area contributed by atoms with Crippen LogP contribution in [0.1, 0.15) is 30.0 Å². The zero-order valence-corrected chi connectivity index (χ0v) is 13.4. The average molecular weight is 303 g/mol. The number of anilines is 1. The van der Waals surface area contributed by atoms with Gasteiger partial charge in [-0.05, 0) is 50.2 Å². The van der Waals surface area contributed by atoms with Gasteiger partial charge in [-0.3, -0.25) is 4.79 Å². The van der Waals surface area contributed by atoms with Gasteiger partial charge in [-0.2, -0.15) is 0 Å². The maximum atomic E-state index is 12.1. The van der Waals surface area contributed by atoms with Gasteiger partial charge in [0.25, 0.3) is 0 Å². The molecule has 0 unspecified atom stereocenters. The molecule has 0 radical (unpaired) electrons. The lowest BCUT2D eigenvalue weighted by Gasteiger charge is -2.20. The molecule has 1 heterocycles. The predicted octanol–water partition coefficient (Wildman–Crippen LogP) is 4.24. The highest BCUT2D eigenvalue weighted by atomic mass is 32.2. The van der Waals surface area contributed by atoms with Gasteiger partial charge in [0.1, 0.15) is 5.76 Å². The quantitative estimate of drug-likeness (QED) is 0.683. The summed E-state index contributed by atoms with van der Waals surface area (Å²) in [6.07, 6.45) is 1.66. The first-order valence-corrected chi connectivity index (χ1v) is 8.38. The summed E-state index contributed by atoms with van der Waals surface area (Å²) in [4.78, 5) is 14.4. The lowest BCUT2D eigenvalue weighted by Crippen LogP contribution is -2.21. The van der Waals surface area contributed by atoms with E-state index < -0.39 is 0 Å². The third-order valence-electron chi connectivity index (χ3n) is 3.38. The highest BCUT2D eigenvalue weighted by Gasteiger charge is 2.08. The minimum absolute atomic E-state index is 0.164. The monoisotopic (exact) mass is 303 g/mol. The third-order valence-corrected chi connectivity index (χ3v) is 4.33. The topological polar surface area (TPSA) is 33.5 Å². The molecule has 0 atom stereocenters. The van der Waals surface area contributed by atoms with Crippen molar-refractivity contribution in [3.05, 3.63) is 54.0 Å². The van der Waals surface area contributed by atoms with E-state index in [0.29, 0.717) is 5.75 Å². The molecule has 0 amide bonds. The molecule has 4 heteroatoms. The SMILES string of the molecule is CCN(CC)c1ccc(C(=O)CSCc2ccco2)cc1. The van der Waals surface area contributed by atoms with Crippen molar-refractivity contribution in [1.82, 2.24) is 0 Å². The van der Waals surface area contributed by atoms with Crippen LogP contribution in [-0.2, 0) is 5.75 Å². The summed E-state index contributed by atoms with van der Waals surface area (Å²) < 4.78 is 5.25. The molecule has 0 bridgehead atoms. The molecule has 2 aromatic rings. The van der Waals surface area contributed by atoms with Gasteiger partial charge in [0.15, 0.2) is 5.78 Å². The fourth-order valence-electron chi connectivity index (χ4n) is 2.17. The molecule has 21 heavy (non-hydrogen) atoms. The number of carbonyl (C=O) groups is 1. The molecule has 112 valence electrons. The number of furan rings is 1. The maximum absolute atomic E-state index is 12.1. The fraction of sp³-hybridized carbons (Fsp3) is 0.353. The van der Waals surface area contributed by atoms with Crippen molar-refractivity contribution in [2.24, 2.45) is 0 Å². The van der Waals surface area contributed by atoms with E-state index in [0.717, 1.165) is 30.2 Å². The van der Waals surface area contributed by atoms with Crippen LogP contribution < -0.4 is 4.90 Å². The lowest BCUT2D eigenvalue weighted by molar-refractivity contribution is 0.102. The summed E-state index contributed by atoms with van der Waals surface area (Å²) in [7, 11) is 0. The van der Waals surface area contributed by atoms with E-state index in [9.17, 15) is 4.79 Å². The summed E-state index contributed by atoms with van der Waals surface area (Å²) in [6, 6.07) is 11.7. The summed E-state index contributed by atoms with van der Waals surface area (Å²) in [5.74, 6) is 2.28. The first kappa shape index (κ1) is 15.7. The van der Waals surface area contributed by atoms with Crippen LogP contribution >= 0.6 is 11.8 Å². The number of Topliss-reactive ketones (excluding diaryl/α,β-unsaturated/α-hetero) is 1. The van der Waals surface area contributed by atoms with Crippen LogP contribution in [-0.4, -0.2) is 24.6 Å². The molecule has 0 aliphatic rings. The van der Waals surface area contributed by atoms with Gasteiger partial charge >= 0.3 is 0 Å². The van der Waals surface area contributed by atoms with E-state index >= 15 is 0 Å². The molecule has 1 aromatic carbocycles. The van der Waals surface area contributed by atoms with Crippen molar-refractivity contribution < 1.29 is 9.21 Å². The number of nitrogens with zero attached hydrogens (tertiary/aromatic N) is 1. The van der Waals surface area contributed by atoms with Gasteiger partial charge < -0.3 is 9.32 Å². The minimum atomic E-state index is 0.164. The molecule has 3 nitrogen and oxygen atoms in total. The molecule has 0 saturated heterocycles. The van der Waals surface area contributed by atoms with E-state index in [4.69, 9.17) is 4.42 Å². The van der Waals surface area contributed by atoms with Crippen molar-refractivity contribution in [2.45, 2.75) is 19.6 Å². The van der Waals surface area contributed by atoms with E-state index in [1.165, 1.54) is 5.69 Å². The molecule has 0 aliphatic carbocycles. The Morgan fingerprint density at radius 1 is 1.14 bits per heavy atom. The molecule has 0 aliphatic heterocycles. The van der Waals surface area contributed by atoms with Gasteiger partial charge in [-0.1, -0.05) is 0 Å². The number of carbonyl (C=O) groups excluding carboxylic acids is 1. The molecular weight excluding hydrogens is 282 g/mol. The van der Waals surface area contributed by atoms with Crippen molar-refractivity contribution in [1.29, 1.82) is 0 Å². The summed E-state index contributed by atoms with van der Waals surface area (Å²) >= 11 is 1.58. The summed E-state index contributed by atoms with van der Waals surface area (Å²) in [5.41, 5.74) is 1.94. The molecule has 0 spiro atoms. The highest BCUT2D eigenvalue weighted by Crippen LogP contribution is 2.18. The van der Waals surface area contributed by atoms with Crippen molar-refractivity contribution in [3.8, 4) is 0 Å². The molecule has 0 N–H and O–H groups in total. The zero-order valence-electron chi connectivity index (χ0n) is 12.5. The molecular formula is C17H21NO2S. The van der Waals surface area contributed by atoms with E-state index in [1.807, 2.05) is 36.4 Å². The minimum Gasteiger partial charge on any atom is -0.468 e. The zero-order chi connectivity index (χ0) is 15.1. The molecule has 1 aromatic heterocycles. The standard InChI is InChI=1S/C17H21NO2S/c1-3-18(4-2)15-9-7-14(8-10-15)17(19)13-21-12-16-6-5-11-20-16/h5-11H,3-4,12-13H2,1-2H3. The number of ketones is 1. The first-order chi connectivity index (χ1) is 10.2. The van der Waals surface area contributed by atoms with Gasteiger partial charge in [0.2, 0.25) is 0 Å². The number of benzene rings is 1. The Kier molecular flexibility index (Phi) is 5.93. The Morgan fingerprint density at radius 2 is 1.86 bits per heavy atom. The third kappa shape index (κ3) is 4.39. The van der Waals surface area contributed by atoms with E-state index in [-0.39, 0.29) is 5.78 Å². The number of hydrogen-bond acceptors (Lipinski definition) is 4. The number of rotatable bonds is 8. The first-order valence-electron chi connectivity index (χ1n) is 7.23. The normalized spacial score (nSPS) is 10.6. The number of thioether (sulfide) groups is 1. The van der Waals surface area contributed by atoms with Crippen LogP contribution in [0.25, 0.3) is 0 Å². The smallest absolute Gasteiger partial charge is 0.172 e. The fourth-order valence-corrected chi connectivity index (χ4v) is 2.99. The van der Waals surface area contributed by atoms with Crippen LogP contribution in [0.5, 0.6) is 0 Å². The molecule has 2 rings (SSSR count). The van der Waals surface area contributed by atoms with Crippen LogP contribution in [0.15, 0.2) is 47.1 Å². The van der Waals surface area contributed by atoms with Crippen molar-refractivity contribution in [2.75, 3.05) is 23.7 Å². The van der Waals surface area contributed by atoms with E-state index in [1.54, 1.807) is 18.0 Å². The maximum Gasteiger partial charge on any atom is 0.172 e. The van der Waals surface area contributed by atoms with Crippen LogP contribution in [0.2, 0.25) is 0 Å². The average Bonchev–Trinajstić information content (AvgIpc) is 3.02. The largest absolute Gasteiger partial charge is 0.468 e. The summed E-state index contributed by atoms with van der Waals surface area (Å²) in [6.45, 7) is 6.22. The van der Waals surface area contributed by atoms with Crippen LogP contribution in [0.3, 0.4) is 0 Å². The van der Waals surface area contributed by atoms with Crippen LogP contribution in [0, 0.1) is 0 Å². The van der Waals surface area contributed by atoms with Gasteiger partial charge in [0.05, 0.1) is 17.8 Å². The Hall–Kier alpha value is -1.68. The van der Waals surface area contributed by atoms with Crippen LogP contribution in [0.4, 0.5) is 5.69 Å². The lowest BCUT2D eigenvalue weighted by atomic mass is 10.1. The van der Waals surface area contributed by atoms with Crippen molar-refractivity contribution in [3.63, 3.8) is 0 Å². The van der Waals surface area contributed by atoms with Gasteiger partial charge in [0, 0.05) is 24.3 Å². The van der Waals surface area contributed by atoms with Gasteiger partial charge in [-0.25, -0.2) is 0 Å². The Balaban J connectivity index is 1.87. The predicted molar refractivity (Wildman–Crippen MR) is 89.2 cm³/mol. The second-order valence-corrected chi connectivity index (χ2v) is 5.70. The van der Waals surface area contributed by atoms with Crippen molar-refractivity contribution >= 4 is 23.2 Å². The number of hydrogen-bond donors (Lipinski definition) is 0.